The summed E-state index contributed by atoms with van der Waals surface area (Å²) < 4.78 is 54.0. The van der Waals surface area contributed by atoms with E-state index in [1.54, 1.807) is 20.8 Å². The van der Waals surface area contributed by atoms with Gasteiger partial charge >= 0.3 is 18.3 Å². The first kappa shape index (κ1) is 33.5. The van der Waals surface area contributed by atoms with Gasteiger partial charge in [0.1, 0.15) is 18.0 Å². The molecule has 2 fully saturated rings. The second kappa shape index (κ2) is 13.1. The molecule has 3 aromatic rings. The number of aromatic nitrogens is 2. The molecular formula is C33H37F3N8O3. The normalized spacial score (nSPS) is 19.0. The number of carbonyl (C=O) groups is 1. The predicted octanol–water partition coefficient (Wildman–Crippen LogP) is 5.58. The average Bonchev–Trinajstić information content (AvgIpc) is 3.41. The van der Waals surface area contributed by atoms with E-state index >= 15 is 0 Å². The number of nitrogens with two attached hydrogens (primary N) is 1. The third kappa shape index (κ3) is 7.44. The molecular weight excluding hydrogens is 613 g/mol. The molecule has 2 aliphatic heterocycles. The Balaban J connectivity index is 1.61. The fourth-order valence-electron chi connectivity index (χ4n) is 6.04. The molecule has 1 amide bonds. The van der Waals surface area contributed by atoms with Crippen LogP contribution >= 0.6 is 0 Å². The van der Waals surface area contributed by atoms with Crippen LogP contribution in [0, 0.1) is 22.7 Å². The van der Waals surface area contributed by atoms with Crippen molar-refractivity contribution in [3.8, 4) is 29.3 Å². The molecule has 0 saturated carbocycles. The molecule has 2 aliphatic rings. The van der Waals surface area contributed by atoms with E-state index in [4.69, 9.17) is 20.2 Å². The summed E-state index contributed by atoms with van der Waals surface area (Å²) in [7, 11) is 2.01. The Bertz CT molecular complexity index is 1740. The molecule has 3 heterocycles. The van der Waals surface area contributed by atoms with Crippen LogP contribution in [-0.2, 0) is 10.9 Å². The van der Waals surface area contributed by atoms with Gasteiger partial charge in [0, 0.05) is 42.3 Å². The van der Waals surface area contributed by atoms with Gasteiger partial charge in [-0.2, -0.15) is 33.7 Å². The van der Waals surface area contributed by atoms with Gasteiger partial charge in [-0.3, -0.25) is 0 Å². The molecule has 2 aromatic carbocycles. The van der Waals surface area contributed by atoms with Crippen LogP contribution < -0.4 is 15.4 Å². The van der Waals surface area contributed by atoms with Gasteiger partial charge in [0.2, 0.25) is 0 Å². The number of anilines is 2. The molecule has 1 aromatic heterocycles. The number of nitrogens with zero attached hydrogens (tertiary/aromatic N) is 7. The van der Waals surface area contributed by atoms with Crippen molar-refractivity contribution in [2.75, 3.05) is 50.5 Å². The van der Waals surface area contributed by atoms with E-state index in [-0.39, 0.29) is 59.5 Å². The molecule has 2 atom stereocenters. The molecule has 248 valence electrons. The summed E-state index contributed by atoms with van der Waals surface area (Å²) in [5.41, 5.74) is 4.36. The number of amides is 1. The Morgan fingerprint density at radius 2 is 1.83 bits per heavy atom. The van der Waals surface area contributed by atoms with Crippen LogP contribution in [0.5, 0.6) is 6.01 Å². The summed E-state index contributed by atoms with van der Waals surface area (Å²) in [4.78, 5) is 27.9. The number of fused-ring (bicyclic) bond motifs is 1. The van der Waals surface area contributed by atoms with Gasteiger partial charge in [-0.1, -0.05) is 0 Å². The largest absolute Gasteiger partial charge is 0.462 e. The minimum absolute atomic E-state index is 0.0165. The van der Waals surface area contributed by atoms with Crippen molar-refractivity contribution in [1.29, 1.82) is 10.5 Å². The number of nitrogen functional groups attached to an aromatic ring is 1. The van der Waals surface area contributed by atoms with Gasteiger partial charge in [-0.15, -0.1) is 0 Å². The number of carbonyl (C=O) groups excluding carboxylic acids is 1. The first-order valence-corrected chi connectivity index (χ1v) is 15.4. The molecule has 0 spiro atoms. The number of likely N-dealkylation sites (tertiary alicyclic amines) is 1. The van der Waals surface area contributed by atoms with Crippen LogP contribution in [0.15, 0.2) is 30.3 Å². The highest BCUT2D eigenvalue weighted by molar-refractivity contribution is 5.96. The second-order valence-electron chi connectivity index (χ2n) is 12.9. The van der Waals surface area contributed by atoms with Gasteiger partial charge in [-0.25, -0.2) is 4.79 Å². The standard InChI is InChI=1S/C33H37F3N8O3/c1-32(2,3)47-31(45)44-13-12-43(18-22(44)9-10-37)29-26-14-20(17-38)24(25-15-21(39)7-8-27(25)33(34,35)36)16-28(26)40-30(41-29)46-19-23-6-5-11-42(23)4/h7-8,14-16,22-23H,5-6,9,11-13,18-19,39H2,1-4H3. The highest BCUT2D eigenvalue weighted by atomic mass is 19.4. The van der Waals surface area contributed by atoms with Crippen molar-refractivity contribution in [2.45, 2.75) is 63.9 Å². The topological polar surface area (TPSA) is 145 Å². The number of likely N-dealkylation sites (N-methyl/N-ethyl adjacent to an activating group) is 1. The van der Waals surface area contributed by atoms with Crippen LogP contribution in [0.2, 0.25) is 0 Å². The van der Waals surface area contributed by atoms with E-state index in [1.165, 1.54) is 29.2 Å². The lowest BCUT2D eigenvalue weighted by Gasteiger charge is -2.41. The Kier molecular flexibility index (Phi) is 9.36. The van der Waals surface area contributed by atoms with Crippen LogP contribution in [-0.4, -0.2) is 83.4 Å². The number of alkyl halides is 3. The monoisotopic (exact) mass is 650 g/mol. The number of halogens is 3. The number of hydrogen-bond donors (Lipinski definition) is 1. The highest BCUT2D eigenvalue weighted by Gasteiger charge is 2.36. The first-order valence-electron chi connectivity index (χ1n) is 15.4. The van der Waals surface area contributed by atoms with Crippen molar-refractivity contribution < 1.29 is 27.4 Å². The summed E-state index contributed by atoms with van der Waals surface area (Å²) in [6, 6.07) is 9.98. The number of benzene rings is 2. The Morgan fingerprint density at radius 3 is 2.47 bits per heavy atom. The van der Waals surface area contributed by atoms with E-state index in [1.807, 2.05) is 18.0 Å². The molecule has 11 nitrogen and oxygen atoms in total. The molecule has 5 rings (SSSR count). The first-order chi connectivity index (χ1) is 22.2. The smallest absolute Gasteiger partial charge is 0.417 e. The van der Waals surface area contributed by atoms with Crippen molar-refractivity contribution in [1.82, 2.24) is 19.8 Å². The number of ether oxygens (including phenoxy) is 2. The maximum absolute atomic E-state index is 14.1. The van der Waals surface area contributed by atoms with E-state index in [9.17, 15) is 28.5 Å². The van der Waals surface area contributed by atoms with Crippen molar-refractivity contribution in [3.05, 3.63) is 41.5 Å². The van der Waals surface area contributed by atoms with Gasteiger partial charge in [0.05, 0.1) is 41.2 Å². The quantitative estimate of drug-likeness (QED) is 0.336. The molecule has 2 N–H and O–H groups in total. The van der Waals surface area contributed by atoms with Gasteiger partial charge in [-0.05, 0) is 83.1 Å². The fourth-order valence-corrected chi connectivity index (χ4v) is 6.04. The third-order valence-electron chi connectivity index (χ3n) is 8.37. The van der Waals surface area contributed by atoms with Gasteiger partial charge < -0.3 is 29.9 Å². The van der Waals surface area contributed by atoms with Crippen LogP contribution in [0.25, 0.3) is 22.0 Å². The number of piperazine rings is 1. The summed E-state index contributed by atoms with van der Waals surface area (Å²) in [5, 5.41) is 20.2. The zero-order valence-electron chi connectivity index (χ0n) is 26.8. The van der Waals surface area contributed by atoms with E-state index in [0.717, 1.165) is 25.5 Å². The number of nitriles is 2. The maximum Gasteiger partial charge on any atom is 0.417 e. The minimum Gasteiger partial charge on any atom is -0.462 e. The summed E-state index contributed by atoms with van der Waals surface area (Å²) in [5.74, 6) is 0.378. The zero-order chi connectivity index (χ0) is 34.1. The molecule has 2 unspecified atom stereocenters. The zero-order valence-corrected chi connectivity index (χ0v) is 26.8. The van der Waals surface area contributed by atoms with Crippen LogP contribution in [0.1, 0.15) is 51.2 Å². The molecule has 2 saturated heterocycles. The lowest BCUT2D eigenvalue weighted by Crippen LogP contribution is -2.56. The fraction of sp³-hybridized carbons (Fsp3) is 0.485. The summed E-state index contributed by atoms with van der Waals surface area (Å²) in [6.45, 7) is 7.26. The Morgan fingerprint density at radius 1 is 1.06 bits per heavy atom. The molecule has 0 bridgehead atoms. The van der Waals surface area contributed by atoms with Crippen LogP contribution in [0.3, 0.4) is 0 Å². The number of rotatable bonds is 6. The van der Waals surface area contributed by atoms with Crippen molar-refractivity contribution in [2.24, 2.45) is 0 Å². The third-order valence-corrected chi connectivity index (χ3v) is 8.37. The molecule has 0 aliphatic carbocycles. The predicted molar refractivity (Wildman–Crippen MR) is 169 cm³/mol. The van der Waals surface area contributed by atoms with Gasteiger partial charge in [0.15, 0.2) is 0 Å². The highest BCUT2D eigenvalue weighted by Crippen LogP contribution is 2.41. The minimum atomic E-state index is -4.70. The van der Waals surface area contributed by atoms with Crippen molar-refractivity contribution >= 4 is 28.5 Å². The average molecular weight is 651 g/mol. The SMILES string of the molecule is CN1CCCC1COc1nc(N2CCN(C(=O)OC(C)(C)C)C(CC#N)C2)c2cc(C#N)c(-c3cc(N)ccc3C(F)(F)F)cc2n1. The maximum atomic E-state index is 14.1. The number of hydrogen-bond acceptors (Lipinski definition) is 10. The Hall–Kier alpha value is -4.82. The molecule has 47 heavy (non-hydrogen) atoms. The van der Waals surface area contributed by atoms with E-state index < -0.39 is 29.5 Å². The second-order valence-corrected chi connectivity index (χ2v) is 12.9. The lowest BCUT2D eigenvalue weighted by molar-refractivity contribution is -0.137. The van der Waals surface area contributed by atoms with E-state index in [2.05, 4.69) is 16.0 Å². The summed E-state index contributed by atoms with van der Waals surface area (Å²) >= 11 is 0. The van der Waals surface area contributed by atoms with Gasteiger partial charge in [0.25, 0.3) is 0 Å². The van der Waals surface area contributed by atoms with E-state index in [0.29, 0.717) is 24.4 Å². The van der Waals surface area contributed by atoms with Crippen molar-refractivity contribution in [3.63, 3.8) is 0 Å². The van der Waals surface area contributed by atoms with Crippen LogP contribution in [0.4, 0.5) is 29.5 Å². The lowest BCUT2D eigenvalue weighted by atomic mass is 9.93. The Labute approximate surface area is 271 Å². The molecule has 14 heteroatoms. The summed E-state index contributed by atoms with van der Waals surface area (Å²) in [6.07, 6.45) is -3.25. The molecule has 0 radical (unpaired) electrons.